The predicted molar refractivity (Wildman–Crippen MR) is 82.1 cm³/mol. The highest BCUT2D eigenvalue weighted by atomic mass is 19.1. The minimum Gasteiger partial charge on any atom is -0.393 e. The van der Waals surface area contributed by atoms with Crippen LogP contribution in [0.5, 0.6) is 0 Å². The Morgan fingerprint density at radius 1 is 1.38 bits per heavy atom. The monoisotopic (exact) mass is 296 g/mol. The molecule has 0 aliphatic carbocycles. The van der Waals surface area contributed by atoms with E-state index in [0.717, 1.165) is 31.6 Å². The molecule has 21 heavy (non-hydrogen) atoms. The lowest BCUT2D eigenvalue weighted by Crippen LogP contribution is -2.36. The molecule has 1 aliphatic rings. The molecule has 1 aromatic rings. The highest BCUT2D eigenvalue weighted by molar-refractivity contribution is 5.49. The van der Waals surface area contributed by atoms with Crippen LogP contribution in [0.15, 0.2) is 18.2 Å². The second-order valence-corrected chi connectivity index (χ2v) is 5.76. The smallest absolute Gasteiger partial charge is 0.146 e. The molecule has 1 saturated heterocycles. The molecule has 5 heteroatoms. The van der Waals surface area contributed by atoms with Gasteiger partial charge in [-0.1, -0.05) is 6.07 Å². The van der Waals surface area contributed by atoms with Crippen LogP contribution in [0.3, 0.4) is 0 Å². The van der Waals surface area contributed by atoms with Crippen LogP contribution in [-0.4, -0.2) is 56.0 Å². The van der Waals surface area contributed by atoms with Gasteiger partial charge in [-0.3, -0.25) is 0 Å². The van der Waals surface area contributed by atoms with Crippen LogP contribution in [0.25, 0.3) is 0 Å². The molecule has 1 unspecified atom stereocenters. The summed E-state index contributed by atoms with van der Waals surface area (Å²) in [5.41, 5.74) is 1.62. The van der Waals surface area contributed by atoms with Gasteiger partial charge in [-0.15, -0.1) is 0 Å². The summed E-state index contributed by atoms with van der Waals surface area (Å²) in [5, 5.41) is 9.29. The largest absolute Gasteiger partial charge is 0.393 e. The average molecular weight is 296 g/mol. The zero-order valence-corrected chi connectivity index (χ0v) is 12.9. The van der Waals surface area contributed by atoms with Crippen LogP contribution in [0.2, 0.25) is 0 Å². The Morgan fingerprint density at radius 2 is 2.10 bits per heavy atom. The van der Waals surface area contributed by atoms with E-state index < -0.39 is 0 Å². The van der Waals surface area contributed by atoms with Crippen LogP contribution in [-0.2, 0) is 11.3 Å². The van der Waals surface area contributed by atoms with Gasteiger partial charge in [-0.05, 0) is 38.1 Å². The maximum absolute atomic E-state index is 14.3. The van der Waals surface area contributed by atoms with Gasteiger partial charge in [0.1, 0.15) is 5.82 Å². The molecule has 1 aromatic carbocycles. The first-order chi connectivity index (χ1) is 10.1. The molecule has 4 nitrogen and oxygen atoms in total. The maximum atomic E-state index is 14.3. The molecule has 0 aromatic heterocycles. The lowest BCUT2D eigenvalue weighted by molar-refractivity contribution is 0.122. The van der Waals surface area contributed by atoms with Crippen LogP contribution in [0.4, 0.5) is 10.1 Å². The Kier molecular flexibility index (Phi) is 5.96. The summed E-state index contributed by atoms with van der Waals surface area (Å²) in [6.45, 7) is 6.06. The van der Waals surface area contributed by atoms with E-state index in [9.17, 15) is 9.50 Å². The lowest BCUT2D eigenvalue weighted by atomic mass is 10.1. The Morgan fingerprint density at radius 3 is 2.71 bits per heavy atom. The molecule has 0 spiro atoms. The van der Waals surface area contributed by atoms with Crippen molar-refractivity contribution in [1.29, 1.82) is 0 Å². The highest BCUT2D eigenvalue weighted by Crippen LogP contribution is 2.22. The number of anilines is 1. The molecule has 0 saturated carbocycles. The zero-order valence-electron chi connectivity index (χ0n) is 12.9. The van der Waals surface area contributed by atoms with E-state index in [1.165, 1.54) is 0 Å². The molecule has 1 atom stereocenters. The summed E-state index contributed by atoms with van der Waals surface area (Å²) < 4.78 is 19.6. The van der Waals surface area contributed by atoms with Gasteiger partial charge in [0, 0.05) is 26.2 Å². The minimum absolute atomic E-state index is 0.168. The third-order valence-corrected chi connectivity index (χ3v) is 3.74. The third-order valence-electron chi connectivity index (χ3n) is 3.74. The molecule has 118 valence electrons. The van der Waals surface area contributed by atoms with Crippen molar-refractivity contribution in [2.24, 2.45) is 0 Å². The summed E-state index contributed by atoms with van der Waals surface area (Å²) in [6, 6.07) is 5.45. The Hall–Kier alpha value is -1.17. The normalized spacial score (nSPS) is 17.3. The van der Waals surface area contributed by atoms with E-state index in [-0.39, 0.29) is 11.9 Å². The summed E-state index contributed by atoms with van der Waals surface area (Å²) in [6.07, 6.45) is 0.429. The van der Waals surface area contributed by atoms with Gasteiger partial charge in [-0.25, -0.2) is 4.39 Å². The fraction of sp³-hybridized carbons (Fsp3) is 0.625. The number of aliphatic hydroxyl groups excluding tert-OH is 1. The Labute approximate surface area is 126 Å². The topological polar surface area (TPSA) is 35.9 Å². The first kappa shape index (κ1) is 16.2. The van der Waals surface area contributed by atoms with E-state index in [2.05, 4.69) is 4.90 Å². The minimum atomic E-state index is -0.298. The van der Waals surface area contributed by atoms with Crippen LogP contribution >= 0.6 is 0 Å². The zero-order chi connectivity index (χ0) is 15.2. The quantitative estimate of drug-likeness (QED) is 0.869. The van der Waals surface area contributed by atoms with E-state index in [4.69, 9.17) is 4.74 Å². The van der Waals surface area contributed by atoms with Crippen molar-refractivity contribution in [2.75, 3.05) is 44.8 Å². The van der Waals surface area contributed by atoms with E-state index in [0.29, 0.717) is 25.4 Å². The van der Waals surface area contributed by atoms with Gasteiger partial charge >= 0.3 is 0 Å². The Bertz CT molecular complexity index is 448. The molecule has 1 fully saturated rings. The standard InChI is InChI=1S/C16H25FN2O2/c1-13(20)5-6-18(2)12-14-3-4-16(15(17)11-14)19-7-9-21-10-8-19/h3-4,11,13,20H,5-10,12H2,1-2H3. The first-order valence-corrected chi connectivity index (χ1v) is 7.54. The summed E-state index contributed by atoms with van der Waals surface area (Å²) >= 11 is 0. The molecule has 2 rings (SSSR count). The second-order valence-electron chi connectivity index (χ2n) is 5.76. The number of hydrogen-bond donors (Lipinski definition) is 1. The first-order valence-electron chi connectivity index (χ1n) is 7.54. The second kappa shape index (κ2) is 7.73. The third kappa shape index (κ3) is 4.95. The molecule has 0 bridgehead atoms. The van der Waals surface area contributed by atoms with Crippen molar-refractivity contribution in [3.63, 3.8) is 0 Å². The molecule has 0 amide bonds. The predicted octanol–water partition coefficient (Wildman–Crippen LogP) is 1.86. The molecule has 1 aliphatic heterocycles. The average Bonchev–Trinajstić information content (AvgIpc) is 2.46. The summed E-state index contributed by atoms with van der Waals surface area (Å²) in [7, 11) is 1.98. The van der Waals surface area contributed by atoms with Gasteiger partial charge in [-0.2, -0.15) is 0 Å². The number of hydrogen-bond acceptors (Lipinski definition) is 4. The number of benzene rings is 1. The number of halogens is 1. The van der Waals surface area contributed by atoms with Crippen LogP contribution in [0, 0.1) is 5.82 Å². The lowest BCUT2D eigenvalue weighted by Gasteiger charge is -2.29. The maximum Gasteiger partial charge on any atom is 0.146 e. The number of aliphatic hydroxyl groups is 1. The fourth-order valence-corrected chi connectivity index (χ4v) is 2.51. The molecule has 1 N–H and O–H groups in total. The van der Waals surface area contributed by atoms with Crippen LogP contribution in [0.1, 0.15) is 18.9 Å². The summed E-state index contributed by atoms with van der Waals surface area (Å²) in [5.74, 6) is -0.168. The van der Waals surface area contributed by atoms with Crippen molar-refractivity contribution in [3.8, 4) is 0 Å². The van der Waals surface area contributed by atoms with Crippen LogP contribution < -0.4 is 4.90 Å². The van der Waals surface area contributed by atoms with Gasteiger partial charge < -0.3 is 19.6 Å². The number of nitrogens with zero attached hydrogens (tertiary/aromatic N) is 2. The molecule has 1 heterocycles. The SMILES string of the molecule is CC(O)CCN(C)Cc1ccc(N2CCOCC2)c(F)c1. The van der Waals surface area contributed by atoms with Gasteiger partial charge in [0.2, 0.25) is 0 Å². The van der Waals surface area contributed by atoms with Gasteiger partial charge in [0.05, 0.1) is 25.0 Å². The fourth-order valence-electron chi connectivity index (χ4n) is 2.51. The van der Waals surface area contributed by atoms with E-state index >= 15 is 0 Å². The number of morpholine rings is 1. The molecular formula is C16H25FN2O2. The van der Waals surface area contributed by atoms with E-state index in [1.807, 2.05) is 24.1 Å². The van der Waals surface area contributed by atoms with E-state index in [1.54, 1.807) is 13.0 Å². The van der Waals surface area contributed by atoms with Gasteiger partial charge in [0.25, 0.3) is 0 Å². The van der Waals surface area contributed by atoms with Gasteiger partial charge in [0.15, 0.2) is 0 Å². The number of ether oxygens (including phenoxy) is 1. The highest BCUT2D eigenvalue weighted by Gasteiger charge is 2.15. The Balaban J connectivity index is 1.94. The summed E-state index contributed by atoms with van der Waals surface area (Å²) in [4.78, 5) is 4.12. The van der Waals surface area contributed by atoms with Crippen molar-refractivity contribution in [3.05, 3.63) is 29.6 Å². The molecule has 0 radical (unpaired) electrons. The van der Waals surface area contributed by atoms with Crippen molar-refractivity contribution < 1.29 is 14.2 Å². The van der Waals surface area contributed by atoms with Crippen molar-refractivity contribution in [2.45, 2.75) is 26.0 Å². The van der Waals surface area contributed by atoms with Crippen molar-refractivity contribution >= 4 is 5.69 Å². The molecular weight excluding hydrogens is 271 g/mol. The number of rotatable bonds is 6. The van der Waals surface area contributed by atoms with Crippen molar-refractivity contribution in [1.82, 2.24) is 4.90 Å².